The molecular weight excluding hydrogens is 236 g/mol. The summed E-state index contributed by atoms with van der Waals surface area (Å²) in [7, 11) is 0. The van der Waals surface area contributed by atoms with E-state index < -0.39 is 5.60 Å². The minimum atomic E-state index is -0.452. The summed E-state index contributed by atoms with van der Waals surface area (Å²) in [6.45, 7) is 4.56. The van der Waals surface area contributed by atoms with Gasteiger partial charge in [0.25, 0.3) is 0 Å². The largest absolute Gasteiger partial charge is 0.387 e. The van der Waals surface area contributed by atoms with Crippen molar-refractivity contribution in [2.45, 2.75) is 31.9 Å². The first kappa shape index (κ1) is 12.6. The van der Waals surface area contributed by atoms with Crippen LogP contribution in [-0.2, 0) is 6.54 Å². The van der Waals surface area contributed by atoms with Gasteiger partial charge in [0.1, 0.15) is 0 Å². The van der Waals surface area contributed by atoms with Crippen molar-refractivity contribution in [2.75, 3.05) is 13.1 Å². The summed E-state index contributed by atoms with van der Waals surface area (Å²) in [5.41, 5.74) is 1.87. The van der Waals surface area contributed by atoms with Crippen LogP contribution in [0.2, 0.25) is 0 Å². The molecule has 1 aliphatic rings. The van der Waals surface area contributed by atoms with Crippen molar-refractivity contribution in [3.63, 3.8) is 0 Å². The molecule has 100 valence electrons. The van der Waals surface area contributed by atoms with Gasteiger partial charge in [-0.25, -0.2) is 0 Å². The van der Waals surface area contributed by atoms with Gasteiger partial charge in [-0.05, 0) is 18.1 Å². The maximum Gasteiger partial charge on any atom is 0.0900 e. The Morgan fingerprint density at radius 2 is 2.05 bits per heavy atom. The van der Waals surface area contributed by atoms with Crippen LogP contribution >= 0.6 is 0 Å². The van der Waals surface area contributed by atoms with Gasteiger partial charge in [0.05, 0.1) is 11.1 Å². The summed E-state index contributed by atoms with van der Waals surface area (Å²) in [5, 5.41) is 11.4. The van der Waals surface area contributed by atoms with Gasteiger partial charge in [0, 0.05) is 31.2 Å². The van der Waals surface area contributed by atoms with Crippen molar-refractivity contribution >= 4 is 10.9 Å². The van der Waals surface area contributed by atoms with Gasteiger partial charge in [-0.1, -0.05) is 37.6 Å². The number of aromatic nitrogens is 1. The first-order valence-electron chi connectivity index (χ1n) is 6.97. The molecule has 1 aromatic carbocycles. The molecule has 0 spiro atoms. The van der Waals surface area contributed by atoms with E-state index in [1.54, 1.807) is 0 Å². The van der Waals surface area contributed by atoms with Gasteiger partial charge in [-0.15, -0.1) is 0 Å². The molecule has 0 amide bonds. The third kappa shape index (κ3) is 2.48. The van der Waals surface area contributed by atoms with E-state index >= 15 is 0 Å². The molecular formula is C16H20N2O. The predicted octanol–water partition coefficient (Wildman–Crippen LogP) is 2.58. The number of benzene rings is 1. The molecule has 19 heavy (non-hydrogen) atoms. The topological polar surface area (TPSA) is 36.4 Å². The molecule has 2 heterocycles. The zero-order chi connectivity index (χ0) is 13.3. The SMILES string of the molecule is CCCC1(O)CN(Cc2cccc3cccnc23)C1. The second kappa shape index (κ2) is 4.91. The molecule has 0 atom stereocenters. The number of rotatable bonds is 4. The van der Waals surface area contributed by atoms with Gasteiger partial charge in [-0.3, -0.25) is 9.88 Å². The Morgan fingerprint density at radius 1 is 1.26 bits per heavy atom. The number of hydrogen-bond acceptors (Lipinski definition) is 3. The molecule has 3 nitrogen and oxygen atoms in total. The van der Waals surface area contributed by atoms with Crippen LogP contribution < -0.4 is 0 Å². The molecule has 1 aromatic heterocycles. The van der Waals surface area contributed by atoms with Gasteiger partial charge < -0.3 is 5.11 Å². The number of fused-ring (bicyclic) bond motifs is 1. The smallest absolute Gasteiger partial charge is 0.0900 e. The Morgan fingerprint density at radius 3 is 2.84 bits per heavy atom. The quantitative estimate of drug-likeness (QED) is 0.913. The molecule has 1 N–H and O–H groups in total. The number of likely N-dealkylation sites (tertiary alicyclic amines) is 1. The van der Waals surface area contributed by atoms with Gasteiger partial charge in [0.15, 0.2) is 0 Å². The summed E-state index contributed by atoms with van der Waals surface area (Å²) in [6, 6.07) is 10.4. The first-order valence-corrected chi connectivity index (χ1v) is 6.97. The fourth-order valence-electron chi connectivity index (χ4n) is 3.06. The highest BCUT2D eigenvalue weighted by molar-refractivity contribution is 5.81. The van der Waals surface area contributed by atoms with Crippen LogP contribution in [0.1, 0.15) is 25.3 Å². The molecule has 3 heteroatoms. The lowest BCUT2D eigenvalue weighted by molar-refractivity contribution is -0.106. The monoisotopic (exact) mass is 256 g/mol. The Hall–Kier alpha value is -1.45. The highest BCUT2D eigenvalue weighted by atomic mass is 16.3. The minimum absolute atomic E-state index is 0.452. The number of hydrogen-bond donors (Lipinski definition) is 1. The van der Waals surface area contributed by atoms with Crippen molar-refractivity contribution in [3.05, 3.63) is 42.1 Å². The second-order valence-electron chi connectivity index (χ2n) is 5.61. The lowest BCUT2D eigenvalue weighted by atomic mass is 9.89. The van der Waals surface area contributed by atoms with Crippen molar-refractivity contribution < 1.29 is 5.11 Å². The van der Waals surface area contributed by atoms with E-state index in [-0.39, 0.29) is 0 Å². The Labute approximate surface area is 113 Å². The third-order valence-electron chi connectivity index (χ3n) is 3.86. The lowest BCUT2D eigenvalue weighted by Gasteiger charge is -2.46. The van der Waals surface area contributed by atoms with Crippen LogP contribution in [0, 0.1) is 0 Å². The lowest BCUT2D eigenvalue weighted by Crippen LogP contribution is -2.60. The number of pyridine rings is 1. The molecule has 1 saturated heterocycles. The molecule has 0 saturated carbocycles. The van der Waals surface area contributed by atoms with Crippen molar-refractivity contribution in [1.82, 2.24) is 9.88 Å². The number of β-amino-alcohol motifs (C(OH)–C–C–N with tert-alkyl or cyclic N) is 1. The standard InChI is InChI=1S/C16H20N2O/c1-2-8-16(19)11-18(12-16)10-14-6-3-5-13-7-4-9-17-15(13)14/h3-7,9,19H,2,8,10-12H2,1H3. The number of para-hydroxylation sites is 1. The maximum absolute atomic E-state index is 10.2. The molecule has 0 radical (unpaired) electrons. The maximum atomic E-state index is 10.2. The van der Waals surface area contributed by atoms with E-state index in [0.717, 1.165) is 38.0 Å². The van der Waals surface area contributed by atoms with Crippen LogP contribution in [0.4, 0.5) is 0 Å². The Kier molecular flexibility index (Phi) is 3.25. The fraction of sp³-hybridized carbons (Fsp3) is 0.438. The number of aliphatic hydroxyl groups is 1. The molecule has 0 unspecified atom stereocenters. The van der Waals surface area contributed by atoms with Crippen LogP contribution in [0.3, 0.4) is 0 Å². The van der Waals surface area contributed by atoms with Gasteiger partial charge in [0.2, 0.25) is 0 Å². The molecule has 3 rings (SSSR count). The van der Waals surface area contributed by atoms with Crippen molar-refractivity contribution in [3.8, 4) is 0 Å². The highest BCUT2D eigenvalue weighted by Crippen LogP contribution is 2.28. The summed E-state index contributed by atoms with van der Waals surface area (Å²) >= 11 is 0. The summed E-state index contributed by atoms with van der Waals surface area (Å²) in [5.74, 6) is 0. The predicted molar refractivity (Wildman–Crippen MR) is 76.9 cm³/mol. The Bertz CT molecular complexity index is 570. The van der Waals surface area contributed by atoms with E-state index in [4.69, 9.17) is 0 Å². The van der Waals surface area contributed by atoms with Crippen LogP contribution in [0.15, 0.2) is 36.5 Å². The van der Waals surface area contributed by atoms with E-state index in [1.807, 2.05) is 12.3 Å². The average Bonchev–Trinajstić information content (AvgIpc) is 2.38. The first-order chi connectivity index (χ1) is 9.20. The van der Waals surface area contributed by atoms with Crippen LogP contribution in [-0.4, -0.2) is 33.7 Å². The van der Waals surface area contributed by atoms with Gasteiger partial charge in [-0.2, -0.15) is 0 Å². The summed E-state index contributed by atoms with van der Waals surface area (Å²) in [6.07, 6.45) is 3.78. The molecule has 2 aromatic rings. The summed E-state index contributed by atoms with van der Waals surface area (Å²) in [4.78, 5) is 6.77. The van der Waals surface area contributed by atoms with Gasteiger partial charge >= 0.3 is 0 Å². The van der Waals surface area contributed by atoms with E-state index in [9.17, 15) is 5.11 Å². The fourth-order valence-corrected chi connectivity index (χ4v) is 3.06. The highest BCUT2D eigenvalue weighted by Gasteiger charge is 2.39. The average molecular weight is 256 g/mol. The van der Waals surface area contributed by atoms with Crippen LogP contribution in [0.5, 0.6) is 0 Å². The molecule has 0 aliphatic carbocycles. The zero-order valence-corrected chi connectivity index (χ0v) is 11.3. The van der Waals surface area contributed by atoms with E-state index in [1.165, 1.54) is 10.9 Å². The van der Waals surface area contributed by atoms with Crippen LogP contribution in [0.25, 0.3) is 10.9 Å². The third-order valence-corrected chi connectivity index (χ3v) is 3.86. The molecule has 1 fully saturated rings. The number of nitrogens with zero attached hydrogens (tertiary/aromatic N) is 2. The van der Waals surface area contributed by atoms with Crippen molar-refractivity contribution in [1.29, 1.82) is 0 Å². The van der Waals surface area contributed by atoms with E-state index in [0.29, 0.717) is 0 Å². The van der Waals surface area contributed by atoms with Crippen molar-refractivity contribution in [2.24, 2.45) is 0 Å². The Balaban J connectivity index is 1.74. The van der Waals surface area contributed by atoms with E-state index in [2.05, 4.69) is 41.1 Å². The second-order valence-corrected chi connectivity index (χ2v) is 5.61. The summed E-state index contributed by atoms with van der Waals surface area (Å²) < 4.78 is 0. The zero-order valence-electron chi connectivity index (χ0n) is 11.3. The molecule has 0 bridgehead atoms. The normalized spacial score (nSPS) is 18.4. The minimum Gasteiger partial charge on any atom is -0.387 e. The molecule has 1 aliphatic heterocycles.